The first kappa shape index (κ1) is 18.7. The zero-order chi connectivity index (χ0) is 21.3. The van der Waals surface area contributed by atoms with E-state index in [9.17, 15) is 0 Å². The molecule has 3 aliphatic rings. The molecule has 4 aromatic rings. The summed E-state index contributed by atoms with van der Waals surface area (Å²) in [4.78, 5) is 0. The van der Waals surface area contributed by atoms with Crippen LogP contribution in [0.1, 0.15) is 36.8 Å². The lowest BCUT2D eigenvalue weighted by Crippen LogP contribution is -2.31. The van der Waals surface area contributed by atoms with E-state index in [-0.39, 0.29) is 5.41 Å². The predicted octanol–water partition coefficient (Wildman–Crippen LogP) is 8.76. The normalized spacial score (nSPS) is 24.7. The van der Waals surface area contributed by atoms with Crippen molar-refractivity contribution in [1.82, 2.24) is 0 Å². The number of halogens is 1. The first-order chi connectivity index (χ1) is 15.7. The van der Waals surface area contributed by atoms with Crippen LogP contribution < -0.4 is 0 Å². The summed E-state index contributed by atoms with van der Waals surface area (Å²) in [5, 5.41) is 0.779. The average Bonchev–Trinajstić information content (AvgIpc) is 3.53. The van der Waals surface area contributed by atoms with Crippen molar-refractivity contribution in [3.63, 3.8) is 0 Å². The van der Waals surface area contributed by atoms with Crippen molar-refractivity contribution in [3.8, 4) is 33.4 Å². The lowest BCUT2D eigenvalue weighted by atomic mass is 9.66. The van der Waals surface area contributed by atoms with E-state index in [1.165, 1.54) is 53.5 Å². The van der Waals surface area contributed by atoms with Crippen LogP contribution in [0.4, 0.5) is 0 Å². The molecule has 0 radical (unpaired) electrons. The van der Waals surface area contributed by atoms with Gasteiger partial charge in [-0.05, 0) is 99.9 Å². The highest BCUT2D eigenvalue weighted by Crippen LogP contribution is 2.65. The Kier molecular flexibility index (Phi) is 4.00. The zero-order valence-corrected chi connectivity index (χ0v) is 18.8. The summed E-state index contributed by atoms with van der Waals surface area (Å²) >= 11 is 6.26. The van der Waals surface area contributed by atoms with E-state index in [2.05, 4.69) is 72.8 Å². The molecule has 1 spiro atoms. The summed E-state index contributed by atoms with van der Waals surface area (Å²) in [7, 11) is 0. The molecule has 0 N–H and O–H groups in total. The molecule has 0 saturated heterocycles. The van der Waals surface area contributed by atoms with E-state index in [0.717, 1.165) is 22.4 Å². The maximum atomic E-state index is 6.26. The third-order valence-electron chi connectivity index (χ3n) is 8.40. The molecule has 2 fully saturated rings. The van der Waals surface area contributed by atoms with Crippen molar-refractivity contribution in [2.45, 2.75) is 31.1 Å². The van der Waals surface area contributed by atoms with Gasteiger partial charge in [-0.25, -0.2) is 0 Å². The Hall–Kier alpha value is -2.83. The monoisotopic (exact) mass is 432 g/mol. The first-order valence-electron chi connectivity index (χ1n) is 11.8. The van der Waals surface area contributed by atoms with Gasteiger partial charge in [-0.3, -0.25) is 0 Å². The van der Waals surface area contributed by atoms with E-state index < -0.39 is 0 Å². The van der Waals surface area contributed by atoms with E-state index in [0.29, 0.717) is 0 Å². The van der Waals surface area contributed by atoms with E-state index in [4.69, 9.17) is 11.6 Å². The van der Waals surface area contributed by atoms with Crippen molar-refractivity contribution in [2.24, 2.45) is 11.8 Å². The topological polar surface area (TPSA) is 0 Å². The molecule has 0 aromatic heterocycles. The Morgan fingerprint density at radius 3 is 2.09 bits per heavy atom. The lowest BCUT2D eigenvalue weighted by molar-refractivity contribution is 0.327. The zero-order valence-electron chi connectivity index (χ0n) is 18.0. The van der Waals surface area contributed by atoms with Crippen molar-refractivity contribution in [1.29, 1.82) is 0 Å². The predicted molar refractivity (Wildman–Crippen MR) is 134 cm³/mol. The molecule has 0 aliphatic heterocycles. The SMILES string of the molecule is Clc1cccc(-c2cccc(-c3ccc4c(c3)C3(CC5CCC3C5)c3ccccc3-4)c2)c1. The second-order valence-corrected chi connectivity index (χ2v) is 10.4. The van der Waals surface area contributed by atoms with Gasteiger partial charge in [0.05, 0.1) is 0 Å². The van der Waals surface area contributed by atoms with E-state index in [1.807, 2.05) is 18.2 Å². The molecule has 0 heterocycles. The van der Waals surface area contributed by atoms with Gasteiger partial charge in [0.1, 0.15) is 0 Å². The fourth-order valence-corrected chi connectivity index (χ4v) is 7.31. The summed E-state index contributed by atoms with van der Waals surface area (Å²) in [5.74, 6) is 1.69. The van der Waals surface area contributed by atoms with Gasteiger partial charge in [0.2, 0.25) is 0 Å². The summed E-state index contributed by atoms with van der Waals surface area (Å²) < 4.78 is 0. The smallest absolute Gasteiger partial charge is 0.0412 e. The molecule has 3 unspecified atom stereocenters. The fourth-order valence-electron chi connectivity index (χ4n) is 7.12. The van der Waals surface area contributed by atoms with Crippen LogP contribution in [0.2, 0.25) is 5.02 Å². The fraction of sp³-hybridized carbons (Fsp3) is 0.226. The minimum absolute atomic E-state index is 0.232. The Morgan fingerprint density at radius 2 is 1.34 bits per heavy atom. The van der Waals surface area contributed by atoms with Crippen LogP contribution in [0, 0.1) is 11.8 Å². The summed E-state index contributed by atoms with van der Waals surface area (Å²) in [6.45, 7) is 0. The number of hydrogen-bond donors (Lipinski definition) is 0. The number of hydrogen-bond acceptors (Lipinski definition) is 0. The van der Waals surface area contributed by atoms with Crippen LogP contribution in [-0.2, 0) is 5.41 Å². The maximum Gasteiger partial charge on any atom is 0.0412 e. The summed E-state index contributed by atoms with van der Waals surface area (Å²) in [6.07, 6.45) is 5.54. The molecule has 4 aromatic carbocycles. The van der Waals surface area contributed by atoms with E-state index >= 15 is 0 Å². The average molecular weight is 433 g/mol. The summed E-state index contributed by atoms with van der Waals surface area (Å²) in [6, 6.07) is 33.5. The molecule has 156 valence electrons. The van der Waals surface area contributed by atoms with Crippen LogP contribution in [0.15, 0.2) is 91.0 Å². The van der Waals surface area contributed by atoms with Crippen LogP contribution in [0.5, 0.6) is 0 Å². The van der Waals surface area contributed by atoms with Gasteiger partial charge < -0.3 is 0 Å². The standard InChI is InChI=1S/C31H25Cl/c32-26-8-4-7-23(17-26)21-5-3-6-22(16-21)24-12-14-28-27-9-1-2-10-29(27)31(30(28)18-24)19-20-11-13-25(31)15-20/h1-10,12,14,16-18,20,25H,11,13,15,19H2. The van der Waals surface area contributed by atoms with Crippen molar-refractivity contribution < 1.29 is 0 Å². The lowest BCUT2D eigenvalue weighted by Gasteiger charge is -2.36. The molecular formula is C31H25Cl. The highest BCUT2D eigenvalue weighted by atomic mass is 35.5. The van der Waals surface area contributed by atoms with Gasteiger partial charge in [-0.15, -0.1) is 0 Å². The molecule has 7 rings (SSSR count). The van der Waals surface area contributed by atoms with Gasteiger partial charge >= 0.3 is 0 Å². The number of rotatable bonds is 2. The van der Waals surface area contributed by atoms with Gasteiger partial charge in [0.15, 0.2) is 0 Å². The van der Waals surface area contributed by atoms with E-state index in [1.54, 1.807) is 11.1 Å². The largest absolute Gasteiger partial charge is 0.0843 e. The minimum Gasteiger partial charge on any atom is -0.0843 e. The molecule has 0 nitrogen and oxygen atoms in total. The Bertz CT molecular complexity index is 1370. The Labute approximate surface area is 194 Å². The van der Waals surface area contributed by atoms with Crippen LogP contribution in [0.3, 0.4) is 0 Å². The molecule has 2 saturated carbocycles. The molecular weight excluding hydrogens is 408 g/mol. The third-order valence-corrected chi connectivity index (χ3v) is 8.64. The molecule has 3 aliphatic carbocycles. The van der Waals surface area contributed by atoms with Crippen molar-refractivity contribution >= 4 is 11.6 Å². The Morgan fingerprint density at radius 1 is 0.625 bits per heavy atom. The van der Waals surface area contributed by atoms with Crippen LogP contribution in [0.25, 0.3) is 33.4 Å². The highest BCUT2D eigenvalue weighted by Gasteiger charge is 2.56. The molecule has 3 atom stereocenters. The van der Waals surface area contributed by atoms with Gasteiger partial charge in [-0.2, -0.15) is 0 Å². The second kappa shape index (κ2) is 6.83. The van der Waals surface area contributed by atoms with Crippen LogP contribution in [-0.4, -0.2) is 0 Å². The minimum atomic E-state index is 0.232. The third kappa shape index (κ3) is 2.57. The van der Waals surface area contributed by atoms with Crippen molar-refractivity contribution in [2.75, 3.05) is 0 Å². The number of benzene rings is 4. The second-order valence-electron chi connectivity index (χ2n) is 9.95. The van der Waals surface area contributed by atoms with Gasteiger partial charge in [0, 0.05) is 10.4 Å². The molecule has 2 bridgehead atoms. The highest BCUT2D eigenvalue weighted by molar-refractivity contribution is 6.30. The quantitative estimate of drug-likeness (QED) is 0.297. The maximum absolute atomic E-state index is 6.26. The van der Waals surface area contributed by atoms with Crippen molar-refractivity contribution in [3.05, 3.63) is 107 Å². The first-order valence-corrected chi connectivity index (χ1v) is 12.2. The van der Waals surface area contributed by atoms with Gasteiger partial charge in [0.25, 0.3) is 0 Å². The van der Waals surface area contributed by atoms with Crippen LogP contribution >= 0.6 is 11.6 Å². The number of fused-ring (bicyclic) bond motifs is 8. The summed E-state index contributed by atoms with van der Waals surface area (Å²) in [5.41, 5.74) is 11.3. The molecule has 1 heteroatoms. The van der Waals surface area contributed by atoms with Gasteiger partial charge in [-0.1, -0.05) is 84.8 Å². The molecule has 32 heavy (non-hydrogen) atoms. The Balaban J connectivity index is 1.38. The molecule has 0 amide bonds.